The van der Waals surface area contributed by atoms with Crippen LogP contribution in [0, 0.1) is 6.92 Å². The van der Waals surface area contributed by atoms with Gasteiger partial charge in [-0.2, -0.15) is 0 Å². The molecule has 0 saturated heterocycles. The van der Waals surface area contributed by atoms with E-state index in [0.717, 1.165) is 30.9 Å². The Hall–Kier alpha value is -2.03. The minimum Gasteiger partial charge on any atom is -0.384 e. The second kappa shape index (κ2) is 6.94. The van der Waals surface area contributed by atoms with Crippen LogP contribution in [0.5, 0.6) is 0 Å². The van der Waals surface area contributed by atoms with Crippen LogP contribution in [0.15, 0.2) is 42.7 Å². The number of rotatable bonds is 6. The van der Waals surface area contributed by atoms with Gasteiger partial charge in [0.1, 0.15) is 0 Å². The van der Waals surface area contributed by atoms with E-state index in [4.69, 9.17) is 0 Å². The first-order valence-corrected chi connectivity index (χ1v) is 7.28. The molecule has 0 aliphatic heterocycles. The zero-order chi connectivity index (χ0) is 14.4. The van der Waals surface area contributed by atoms with Gasteiger partial charge in [-0.3, -0.25) is 4.98 Å². The van der Waals surface area contributed by atoms with Crippen molar-refractivity contribution < 1.29 is 0 Å². The molecule has 0 bridgehead atoms. The van der Waals surface area contributed by atoms with E-state index in [0.29, 0.717) is 0 Å². The molecule has 0 atom stereocenters. The summed E-state index contributed by atoms with van der Waals surface area (Å²) in [5, 5.41) is 3.39. The molecule has 0 saturated carbocycles. The first kappa shape index (κ1) is 14.4. The normalized spacial score (nSPS) is 10.3. The van der Waals surface area contributed by atoms with E-state index in [2.05, 4.69) is 66.3 Å². The quantitative estimate of drug-likeness (QED) is 0.844. The van der Waals surface area contributed by atoms with Crippen LogP contribution in [0.3, 0.4) is 0 Å². The lowest BCUT2D eigenvalue weighted by molar-refractivity contribution is 0.973. The SMILES string of the molecule is CCCNc1cncc(N(CC)c2ccccc2C)c1. The molecule has 1 heterocycles. The number of pyridine rings is 1. The highest BCUT2D eigenvalue weighted by molar-refractivity contribution is 5.68. The number of anilines is 3. The molecule has 0 spiro atoms. The number of aryl methyl sites for hydroxylation is 1. The molecule has 0 fully saturated rings. The number of hydrogen-bond acceptors (Lipinski definition) is 3. The van der Waals surface area contributed by atoms with Gasteiger partial charge in [0.05, 0.1) is 23.8 Å². The van der Waals surface area contributed by atoms with Crippen LogP contribution in [-0.4, -0.2) is 18.1 Å². The second-order valence-corrected chi connectivity index (χ2v) is 4.89. The van der Waals surface area contributed by atoms with E-state index in [1.807, 2.05) is 12.4 Å². The standard InChI is InChI=1S/C17H23N3/c1-4-10-19-15-11-16(13-18-12-15)20(5-2)17-9-7-6-8-14(17)3/h6-9,11-13,19H,4-5,10H2,1-3H3. The van der Waals surface area contributed by atoms with Gasteiger partial charge in [0.25, 0.3) is 0 Å². The molecule has 20 heavy (non-hydrogen) atoms. The fourth-order valence-electron chi connectivity index (χ4n) is 2.30. The minimum atomic E-state index is 0.920. The molecule has 1 N–H and O–H groups in total. The van der Waals surface area contributed by atoms with Crippen molar-refractivity contribution in [2.75, 3.05) is 23.3 Å². The summed E-state index contributed by atoms with van der Waals surface area (Å²) in [6.07, 6.45) is 4.91. The summed E-state index contributed by atoms with van der Waals surface area (Å²) < 4.78 is 0. The number of aromatic nitrogens is 1. The Kier molecular flexibility index (Phi) is 4.99. The van der Waals surface area contributed by atoms with Crippen molar-refractivity contribution in [3.63, 3.8) is 0 Å². The average Bonchev–Trinajstić information content (AvgIpc) is 2.48. The molecular weight excluding hydrogens is 246 g/mol. The Morgan fingerprint density at radius 3 is 2.65 bits per heavy atom. The predicted octanol–water partition coefficient (Wildman–Crippen LogP) is 4.37. The van der Waals surface area contributed by atoms with Crippen LogP contribution in [-0.2, 0) is 0 Å². The van der Waals surface area contributed by atoms with Gasteiger partial charge in [0.2, 0.25) is 0 Å². The lowest BCUT2D eigenvalue weighted by Gasteiger charge is -2.25. The van der Waals surface area contributed by atoms with Gasteiger partial charge in [-0.15, -0.1) is 0 Å². The number of hydrogen-bond donors (Lipinski definition) is 1. The van der Waals surface area contributed by atoms with Crippen molar-refractivity contribution in [1.82, 2.24) is 4.98 Å². The first-order valence-electron chi connectivity index (χ1n) is 7.28. The number of benzene rings is 1. The van der Waals surface area contributed by atoms with Crippen molar-refractivity contribution in [2.24, 2.45) is 0 Å². The lowest BCUT2D eigenvalue weighted by atomic mass is 10.1. The molecule has 2 aromatic rings. The zero-order valence-electron chi connectivity index (χ0n) is 12.6. The molecule has 0 aliphatic rings. The first-order chi connectivity index (χ1) is 9.76. The minimum absolute atomic E-state index is 0.920. The van der Waals surface area contributed by atoms with E-state index >= 15 is 0 Å². The number of nitrogens with one attached hydrogen (secondary N) is 1. The molecule has 0 aliphatic carbocycles. The molecule has 2 rings (SSSR count). The largest absolute Gasteiger partial charge is 0.384 e. The molecule has 0 unspecified atom stereocenters. The van der Waals surface area contributed by atoms with Gasteiger partial charge >= 0.3 is 0 Å². The molecular formula is C17H23N3. The molecule has 1 aromatic carbocycles. The van der Waals surface area contributed by atoms with Gasteiger partial charge in [0.15, 0.2) is 0 Å². The Labute approximate surface area is 121 Å². The highest BCUT2D eigenvalue weighted by atomic mass is 15.1. The summed E-state index contributed by atoms with van der Waals surface area (Å²) in [5.41, 5.74) is 4.73. The van der Waals surface area contributed by atoms with Crippen LogP contribution in [0.2, 0.25) is 0 Å². The van der Waals surface area contributed by atoms with Crippen LogP contribution in [0.1, 0.15) is 25.8 Å². The van der Waals surface area contributed by atoms with Crippen molar-refractivity contribution in [1.29, 1.82) is 0 Å². The van der Waals surface area contributed by atoms with Gasteiger partial charge in [-0.05, 0) is 38.0 Å². The fraction of sp³-hybridized carbons (Fsp3) is 0.353. The summed E-state index contributed by atoms with van der Waals surface area (Å²) in [6.45, 7) is 8.37. The van der Waals surface area contributed by atoms with Crippen LogP contribution >= 0.6 is 0 Å². The molecule has 3 nitrogen and oxygen atoms in total. The maximum atomic E-state index is 4.36. The van der Waals surface area contributed by atoms with E-state index in [1.165, 1.54) is 11.3 Å². The Balaban J connectivity index is 2.30. The highest BCUT2D eigenvalue weighted by Gasteiger charge is 2.10. The Morgan fingerprint density at radius 2 is 1.95 bits per heavy atom. The number of nitrogens with zero attached hydrogens (tertiary/aromatic N) is 2. The summed E-state index contributed by atoms with van der Waals surface area (Å²) in [5.74, 6) is 0. The molecule has 1 aromatic heterocycles. The second-order valence-electron chi connectivity index (χ2n) is 4.89. The third-order valence-corrected chi connectivity index (χ3v) is 3.34. The predicted molar refractivity (Wildman–Crippen MR) is 86.9 cm³/mol. The van der Waals surface area contributed by atoms with E-state index in [-0.39, 0.29) is 0 Å². The topological polar surface area (TPSA) is 28.2 Å². The van der Waals surface area contributed by atoms with Crippen molar-refractivity contribution in [3.05, 3.63) is 48.3 Å². The lowest BCUT2D eigenvalue weighted by Crippen LogP contribution is -2.17. The summed E-state index contributed by atoms with van der Waals surface area (Å²) >= 11 is 0. The third-order valence-electron chi connectivity index (χ3n) is 3.34. The molecule has 106 valence electrons. The summed E-state index contributed by atoms with van der Waals surface area (Å²) in [6, 6.07) is 10.6. The fourth-order valence-corrected chi connectivity index (χ4v) is 2.30. The van der Waals surface area contributed by atoms with Gasteiger partial charge in [-0.1, -0.05) is 25.1 Å². The van der Waals surface area contributed by atoms with Gasteiger partial charge in [0, 0.05) is 18.8 Å². The van der Waals surface area contributed by atoms with Crippen molar-refractivity contribution >= 4 is 17.1 Å². The van der Waals surface area contributed by atoms with Crippen LogP contribution in [0.25, 0.3) is 0 Å². The molecule has 3 heteroatoms. The smallest absolute Gasteiger partial charge is 0.0617 e. The third kappa shape index (κ3) is 3.29. The van der Waals surface area contributed by atoms with Crippen molar-refractivity contribution in [2.45, 2.75) is 27.2 Å². The Bertz CT molecular complexity index is 551. The van der Waals surface area contributed by atoms with Crippen LogP contribution < -0.4 is 10.2 Å². The summed E-state index contributed by atoms with van der Waals surface area (Å²) in [4.78, 5) is 6.65. The van der Waals surface area contributed by atoms with Gasteiger partial charge in [-0.25, -0.2) is 0 Å². The summed E-state index contributed by atoms with van der Waals surface area (Å²) in [7, 11) is 0. The Morgan fingerprint density at radius 1 is 1.15 bits per heavy atom. The maximum absolute atomic E-state index is 4.36. The van der Waals surface area contributed by atoms with Crippen molar-refractivity contribution in [3.8, 4) is 0 Å². The molecule has 0 radical (unpaired) electrons. The van der Waals surface area contributed by atoms with Gasteiger partial charge < -0.3 is 10.2 Å². The van der Waals surface area contributed by atoms with E-state index in [9.17, 15) is 0 Å². The van der Waals surface area contributed by atoms with E-state index in [1.54, 1.807) is 0 Å². The zero-order valence-corrected chi connectivity index (χ0v) is 12.6. The number of para-hydroxylation sites is 1. The molecule has 0 amide bonds. The van der Waals surface area contributed by atoms with Crippen LogP contribution in [0.4, 0.5) is 17.1 Å². The average molecular weight is 269 g/mol. The van der Waals surface area contributed by atoms with E-state index < -0.39 is 0 Å². The monoisotopic (exact) mass is 269 g/mol. The maximum Gasteiger partial charge on any atom is 0.0617 e. The highest BCUT2D eigenvalue weighted by Crippen LogP contribution is 2.28.